The van der Waals surface area contributed by atoms with Gasteiger partial charge in [0.2, 0.25) is 0 Å². The van der Waals surface area contributed by atoms with Crippen molar-refractivity contribution < 1.29 is 35.5 Å². The maximum atomic E-state index is 12.9. The van der Waals surface area contributed by atoms with Crippen molar-refractivity contribution in [1.29, 1.82) is 0 Å². The summed E-state index contributed by atoms with van der Waals surface area (Å²) < 4.78 is 85.9. The van der Waals surface area contributed by atoms with Crippen LogP contribution in [0.1, 0.15) is 44.1 Å². The number of alkyl halides is 6. The van der Waals surface area contributed by atoms with Crippen LogP contribution in [0.2, 0.25) is 0 Å². The number of ether oxygens (including phenoxy) is 1. The monoisotopic (exact) mass is 568 g/mol. The average Bonchev–Trinajstić information content (AvgIpc) is 3.38. The van der Waals surface area contributed by atoms with Crippen LogP contribution in [0, 0.1) is 0 Å². The Labute approximate surface area is 227 Å². The van der Waals surface area contributed by atoms with Crippen LogP contribution in [0.4, 0.5) is 38.0 Å². The molecule has 2 aromatic carbocycles. The molecule has 1 aliphatic heterocycles. The lowest BCUT2D eigenvalue weighted by Crippen LogP contribution is -2.54. The fourth-order valence-corrected chi connectivity index (χ4v) is 5.47. The Morgan fingerprint density at radius 1 is 0.850 bits per heavy atom. The Morgan fingerprint density at radius 3 is 2.23 bits per heavy atom. The first-order valence-corrected chi connectivity index (χ1v) is 13.3. The topological polar surface area (TPSA) is 62.6 Å². The van der Waals surface area contributed by atoms with Crippen molar-refractivity contribution in [2.24, 2.45) is 0 Å². The first-order valence-electron chi connectivity index (χ1n) is 13.3. The van der Waals surface area contributed by atoms with E-state index in [0.29, 0.717) is 23.9 Å². The molecule has 0 spiro atoms. The largest absolute Gasteiger partial charge is 0.573 e. The number of halogens is 6. The Balaban J connectivity index is 1.19. The lowest BCUT2D eigenvalue weighted by molar-refractivity contribution is -0.274. The first kappa shape index (κ1) is 28.1. The minimum atomic E-state index is -4.76. The van der Waals surface area contributed by atoms with Gasteiger partial charge in [0.1, 0.15) is 5.75 Å². The number of aromatic nitrogens is 1. The summed E-state index contributed by atoms with van der Waals surface area (Å²) in [4.78, 5) is 6.44. The summed E-state index contributed by atoms with van der Waals surface area (Å²) in [5.41, 5.74) is 0.698. The van der Waals surface area contributed by atoms with Crippen LogP contribution in [0.25, 0.3) is 11.3 Å². The van der Waals surface area contributed by atoms with Crippen LogP contribution < -0.4 is 20.3 Å². The molecular weight excluding hydrogens is 538 g/mol. The standard InChI is InChI=1S/C28H30F6N4O2/c29-27(30,31)19-9-11-21(12-10-19)38-15-3-4-20(17-38)36-23-5-1-2-6-24(23)37-26-35-16-25(39-26)18-7-13-22(14-8-18)40-28(32,33)34/h7-14,16,20,23-24,36H,1-6,15,17H2,(H,35,37). The average molecular weight is 569 g/mol. The molecule has 5 rings (SSSR count). The van der Waals surface area contributed by atoms with Gasteiger partial charge in [0.15, 0.2) is 5.76 Å². The van der Waals surface area contributed by atoms with E-state index in [0.717, 1.165) is 62.9 Å². The fourth-order valence-electron chi connectivity index (χ4n) is 5.47. The molecule has 3 atom stereocenters. The number of piperidine rings is 1. The van der Waals surface area contributed by atoms with E-state index in [1.165, 1.54) is 42.6 Å². The molecular formula is C28H30F6N4O2. The van der Waals surface area contributed by atoms with Gasteiger partial charge in [-0.25, -0.2) is 4.98 Å². The lowest BCUT2D eigenvalue weighted by atomic mass is 9.89. The number of hydrogen-bond donors (Lipinski definition) is 2. The fraction of sp³-hybridized carbons (Fsp3) is 0.464. The van der Waals surface area contributed by atoms with Gasteiger partial charge in [-0.05, 0) is 74.2 Å². The minimum absolute atomic E-state index is 0.0595. The summed E-state index contributed by atoms with van der Waals surface area (Å²) in [5, 5.41) is 7.15. The molecule has 216 valence electrons. The van der Waals surface area contributed by atoms with E-state index < -0.39 is 18.1 Å². The third-order valence-electron chi connectivity index (χ3n) is 7.38. The van der Waals surface area contributed by atoms with Crippen LogP contribution >= 0.6 is 0 Å². The molecule has 2 aliphatic rings. The van der Waals surface area contributed by atoms with E-state index in [9.17, 15) is 26.3 Å². The highest BCUT2D eigenvalue weighted by Gasteiger charge is 2.33. The number of oxazole rings is 1. The van der Waals surface area contributed by atoms with Crippen LogP contribution in [-0.4, -0.2) is 42.6 Å². The molecule has 1 saturated heterocycles. The Bertz CT molecular complexity index is 1240. The van der Waals surface area contributed by atoms with E-state index in [1.807, 2.05) is 0 Å². The normalized spacial score (nSPS) is 22.2. The van der Waals surface area contributed by atoms with Gasteiger partial charge in [0.25, 0.3) is 6.01 Å². The molecule has 2 heterocycles. The van der Waals surface area contributed by atoms with E-state index in [2.05, 4.69) is 25.3 Å². The number of nitrogens with zero attached hydrogens (tertiary/aromatic N) is 2. The predicted molar refractivity (Wildman–Crippen MR) is 138 cm³/mol. The number of anilines is 2. The van der Waals surface area contributed by atoms with Gasteiger partial charge in [-0.15, -0.1) is 13.2 Å². The zero-order valence-electron chi connectivity index (χ0n) is 21.6. The molecule has 3 unspecified atom stereocenters. The molecule has 3 aromatic rings. The van der Waals surface area contributed by atoms with Gasteiger partial charge in [-0.3, -0.25) is 0 Å². The second-order valence-electron chi connectivity index (χ2n) is 10.2. The molecule has 12 heteroatoms. The van der Waals surface area contributed by atoms with E-state index in [-0.39, 0.29) is 23.9 Å². The van der Waals surface area contributed by atoms with E-state index in [4.69, 9.17) is 4.42 Å². The van der Waals surface area contributed by atoms with E-state index >= 15 is 0 Å². The molecule has 1 saturated carbocycles. The molecule has 1 aliphatic carbocycles. The molecule has 2 fully saturated rings. The second-order valence-corrected chi connectivity index (χ2v) is 10.2. The summed E-state index contributed by atoms with van der Waals surface area (Å²) in [6, 6.07) is 11.4. The number of nitrogens with one attached hydrogen (secondary N) is 2. The quantitative estimate of drug-likeness (QED) is 0.293. The van der Waals surface area contributed by atoms with Crippen molar-refractivity contribution in [3.63, 3.8) is 0 Å². The predicted octanol–water partition coefficient (Wildman–Crippen LogP) is 7.24. The van der Waals surface area contributed by atoms with Gasteiger partial charge in [-0.2, -0.15) is 13.2 Å². The molecule has 1 aromatic heterocycles. The second kappa shape index (κ2) is 11.6. The summed E-state index contributed by atoms with van der Waals surface area (Å²) >= 11 is 0. The summed E-state index contributed by atoms with van der Waals surface area (Å²) in [6.45, 7) is 1.49. The SMILES string of the molecule is FC(F)(F)Oc1ccc(-c2cnc(NC3CCCCC3NC3CCCN(c4ccc(C(F)(F)F)cc4)C3)o2)cc1. The van der Waals surface area contributed by atoms with Crippen LogP contribution in [0.15, 0.2) is 59.1 Å². The number of hydrogen-bond acceptors (Lipinski definition) is 6. The molecule has 40 heavy (non-hydrogen) atoms. The Hall–Kier alpha value is -3.41. The van der Waals surface area contributed by atoms with Crippen molar-refractivity contribution >= 4 is 11.7 Å². The molecule has 2 N–H and O–H groups in total. The number of benzene rings is 2. The highest BCUT2D eigenvalue weighted by Crippen LogP contribution is 2.32. The summed E-state index contributed by atoms with van der Waals surface area (Å²) in [7, 11) is 0. The summed E-state index contributed by atoms with van der Waals surface area (Å²) in [6.07, 6.45) is -1.69. The smallest absolute Gasteiger partial charge is 0.424 e. The Morgan fingerprint density at radius 2 is 1.55 bits per heavy atom. The van der Waals surface area contributed by atoms with Crippen molar-refractivity contribution in [3.8, 4) is 17.1 Å². The minimum Gasteiger partial charge on any atom is -0.424 e. The van der Waals surface area contributed by atoms with E-state index in [1.54, 1.807) is 0 Å². The zero-order chi connectivity index (χ0) is 28.3. The highest BCUT2D eigenvalue weighted by atomic mass is 19.4. The first-order chi connectivity index (χ1) is 19.0. The summed E-state index contributed by atoms with van der Waals surface area (Å²) in [5.74, 6) is 0.102. The van der Waals surface area contributed by atoms with Gasteiger partial charge in [0.05, 0.1) is 11.8 Å². The number of rotatable bonds is 7. The van der Waals surface area contributed by atoms with Gasteiger partial charge in [-0.1, -0.05) is 12.8 Å². The van der Waals surface area contributed by atoms with Crippen molar-refractivity contribution in [2.75, 3.05) is 23.3 Å². The zero-order valence-corrected chi connectivity index (χ0v) is 21.6. The third kappa shape index (κ3) is 7.21. The molecule has 0 radical (unpaired) electrons. The maximum Gasteiger partial charge on any atom is 0.573 e. The van der Waals surface area contributed by atoms with Crippen molar-refractivity contribution in [3.05, 3.63) is 60.3 Å². The maximum absolute atomic E-state index is 12.9. The van der Waals surface area contributed by atoms with Gasteiger partial charge in [0, 0.05) is 42.5 Å². The van der Waals surface area contributed by atoms with Crippen molar-refractivity contribution in [2.45, 2.75) is 69.2 Å². The van der Waals surface area contributed by atoms with Crippen LogP contribution in [0.3, 0.4) is 0 Å². The van der Waals surface area contributed by atoms with Crippen molar-refractivity contribution in [1.82, 2.24) is 10.3 Å². The molecule has 0 amide bonds. The third-order valence-corrected chi connectivity index (χ3v) is 7.38. The van der Waals surface area contributed by atoms with Crippen LogP contribution in [-0.2, 0) is 6.18 Å². The highest BCUT2D eigenvalue weighted by molar-refractivity contribution is 5.58. The van der Waals surface area contributed by atoms with Gasteiger partial charge < -0.3 is 24.7 Å². The lowest BCUT2D eigenvalue weighted by Gasteiger charge is -2.40. The van der Waals surface area contributed by atoms with Gasteiger partial charge >= 0.3 is 12.5 Å². The molecule has 6 nitrogen and oxygen atoms in total. The molecule has 0 bridgehead atoms. The van der Waals surface area contributed by atoms with Crippen LogP contribution in [0.5, 0.6) is 5.75 Å². The Kier molecular flexibility index (Phi) is 8.16.